The monoisotopic (exact) mass is 451 g/mol. The lowest BCUT2D eigenvalue weighted by Gasteiger charge is -2.37. The van der Waals surface area contributed by atoms with Crippen molar-refractivity contribution in [2.24, 2.45) is 0 Å². The largest absolute Gasteiger partial charge is 0.355 e. The Labute approximate surface area is 172 Å². The summed E-state index contributed by atoms with van der Waals surface area (Å²) in [5.74, 6) is 0.0699. The van der Waals surface area contributed by atoms with Crippen LogP contribution in [0.5, 0.6) is 0 Å². The second kappa shape index (κ2) is 8.39. The summed E-state index contributed by atoms with van der Waals surface area (Å²) in [4.78, 5) is 34.0. The minimum Gasteiger partial charge on any atom is -0.355 e. The smallest absolute Gasteiger partial charge is 0.196 e. The number of rotatable bonds is 6. The molecule has 2 aromatic rings. The number of aromatic nitrogens is 1. The maximum Gasteiger partial charge on any atom is 0.196 e. The van der Waals surface area contributed by atoms with Gasteiger partial charge in [-0.15, -0.1) is 11.3 Å². The highest BCUT2D eigenvalue weighted by Gasteiger charge is 2.29. The molecule has 1 fully saturated rings. The van der Waals surface area contributed by atoms with Crippen LogP contribution in [-0.4, -0.2) is 58.6 Å². The summed E-state index contributed by atoms with van der Waals surface area (Å²) in [7, 11) is 0. The third-order valence-electron chi connectivity index (χ3n) is 5.38. The van der Waals surface area contributed by atoms with Crippen LogP contribution < -0.4 is 0 Å². The average Bonchev–Trinajstić information content (AvgIpc) is 3.16. The van der Waals surface area contributed by atoms with E-state index in [1.807, 2.05) is 20.8 Å². The molecule has 1 aliphatic heterocycles. The van der Waals surface area contributed by atoms with Crippen LogP contribution in [-0.2, 0) is 6.54 Å². The molecule has 0 amide bonds. The first-order chi connectivity index (χ1) is 12.8. The molecule has 0 aliphatic carbocycles. The molecule has 0 saturated carbocycles. The van der Waals surface area contributed by atoms with Gasteiger partial charge in [0.05, 0.1) is 15.5 Å². The molecular weight excluding hydrogens is 426 g/mol. The van der Waals surface area contributed by atoms with Crippen LogP contribution in [0.4, 0.5) is 0 Å². The number of Topliss-reactive ketones (excluding diaryl/α,β-unsaturated/α-hetero) is 2. The maximum absolute atomic E-state index is 13.0. The summed E-state index contributed by atoms with van der Waals surface area (Å²) in [6.07, 6.45) is 0. The third-order valence-corrected chi connectivity index (χ3v) is 6.99. The van der Waals surface area contributed by atoms with Gasteiger partial charge in [0.1, 0.15) is 0 Å². The van der Waals surface area contributed by atoms with Crippen molar-refractivity contribution in [1.29, 1.82) is 0 Å². The predicted octanol–water partition coefficient (Wildman–Crippen LogP) is 4.05. The van der Waals surface area contributed by atoms with E-state index in [1.54, 1.807) is 18.3 Å². The zero-order valence-corrected chi connectivity index (χ0v) is 18.7. The number of aryl methyl sites for hydroxylation is 1. The van der Waals surface area contributed by atoms with E-state index in [0.717, 1.165) is 47.8 Å². The lowest BCUT2D eigenvalue weighted by Crippen LogP contribution is -2.51. The van der Waals surface area contributed by atoms with Gasteiger partial charge in [0.2, 0.25) is 0 Å². The lowest BCUT2D eigenvalue weighted by atomic mass is 10.0. The van der Waals surface area contributed by atoms with Crippen LogP contribution in [0.25, 0.3) is 0 Å². The molecule has 0 radical (unpaired) electrons. The zero-order chi connectivity index (χ0) is 19.7. The van der Waals surface area contributed by atoms with Crippen LogP contribution in [0.2, 0.25) is 0 Å². The van der Waals surface area contributed by atoms with E-state index in [0.29, 0.717) is 11.3 Å². The molecule has 3 heterocycles. The molecule has 1 aliphatic rings. The fourth-order valence-electron chi connectivity index (χ4n) is 3.87. The molecule has 1 atom stereocenters. The van der Waals surface area contributed by atoms with Gasteiger partial charge in [-0.3, -0.25) is 19.4 Å². The number of hydrogen-bond donors (Lipinski definition) is 1. The first-order valence-corrected chi connectivity index (χ1v) is 10.8. The molecule has 5 nitrogen and oxygen atoms in total. The Kier molecular flexibility index (Phi) is 6.35. The lowest BCUT2D eigenvalue weighted by molar-refractivity contribution is 0.0684. The summed E-state index contributed by atoms with van der Waals surface area (Å²) in [5.41, 5.74) is 2.79. The van der Waals surface area contributed by atoms with Gasteiger partial charge in [0.15, 0.2) is 11.6 Å². The molecule has 0 spiro atoms. The minimum atomic E-state index is -0.195. The molecule has 0 bridgehead atoms. The van der Waals surface area contributed by atoms with Gasteiger partial charge < -0.3 is 4.98 Å². The SMILES string of the molecule is CC(=O)c1c(C)[nH]c(C(=O)C(C)N2CCN(Cc3ccc(Br)s3)CC2)c1C. The Morgan fingerprint density at radius 2 is 1.89 bits per heavy atom. The van der Waals surface area contributed by atoms with E-state index >= 15 is 0 Å². The molecule has 27 heavy (non-hydrogen) atoms. The van der Waals surface area contributed by atoms with Crippen LogP contribution in [0, 0.1) is 13.8 Å². The average molecular weight is 452 g/mol. The van der Waals surface area contributed by atoms with Crippen molar-refractivity contribution in [3.8, 4) is 0 Å². The second-order valence-electron chi connectivity index (χ2n) is 7.24. The van der Waals surface area contributed by atoms with Crippen LogP contribution in [0.15, 0.2) is 15.9 Å². The van der Waals surface area contributed by atoms with Crippen molar-refractivity contribution in [3.05, 3.63) is 43.3 Å². The first-order valence-electron chi connectivity index (χ1n) is 9.23. The van der Waals surface area contributed by atoms with E-state index in [2.05, 4.69) is 42.8 Å². The van der Waals surface area contributed by atoms with Gasteiger partial charge in [-0.05, 0) is 61.3 Å². The van der Waals surface area contributed by atoms with Crippen molar-refractivity contribution in [1.82, 2.24) is 14.8 Å². The van der Waals surface area contributed by atoms with Gasteiger partial charge in [0.25, 0.3) is 0 Å². The first kappa shape index (κ1) is 20.5. The number of carbonyl (C=O) groups is 2. The summed E-state index contributed by atoms with van der Waals surface area (Å²) in [6.45, 7) is 11.8. The molecule has 7 heteroatoms. The number of piperazine rings is 1. The number of hydrogen-bond acceptors (Lipinski definition) is 5. The Morgan fingerprint density at radius 1 is 1.22 bits per heavy atom. The summed E-state index contributed by atoms with van der Waals surface area (Å²) in [5, 5.41) is 0. The molecule has 146 valence electrons. The number of nitrogens with one attached hydrogen (secondary N) is 1. The third kappa shape index (κ3) is 4.42. The van der Waals surface area contributed by atoms with E-state index in [-0.39, 0.29) is 17.6 Å². The second-order valence-corrected chi connectivity index (χ2v) is 9.79. The van der Waals surface area contributed by atoms with Gasteiger partial charge in [-0.1, -0.05) is 0 Å². The molecule has 1 saturated heterocycles. The summed E-state index contributed by atoms with van der Waals surface area (Å²) < 4.78 is 1.16. The number of carbonyl (C=O) groups excluding carboxylic acids is 2. The number of H-pyrrole nitrogens is 1. The van der Waals surface area contributed by atoms with Gasteiger partial charge in [-0.2, -0.15) is 0 Å². The van der Waals surface area contributed by atoms with E-state index in [9.17, 15) is 9.59 Å². The van der Waals surface area contributed by atoms with E-state index in [1.165, 1.54) is 4.88 Å². The number of ketones is 2. The number of aromatic amines is 1. The Morgan fingerprint density at radius 3 is 2.41 bits per heavy atom. The maximum atomic E-state index is 13.0. The minimum absolute atomic E-state index is 0.00165. The van der Waals surface area contributed by atoms with Crippen molar-refractivity contribution in [2.45, 2.75) is 40.3 Å². The fraction of sp³-hybridized carbons (Fsp3) is 0.500. The number of thiophene rings is 1. The molecule has 1 N–H and O–H groups in total. The fourth-order valence-corrected chi connectivity index (χ4v) is 5.39. The highest BCUT2D eigenvalue weighted by atomic mass is 79.9. The van der Waals surface area contributed by atoms with Crippen molar-refractivity contribution >= 4 is 38.8 Å². The molecule has 3 rings (SSSR count). The molecule has 0 aromatic carbocycles. The quantitative estimate of drug-likeness (QED) is 0.672. The number of halogens is 1. The Hall–Kier alpha value is -1.28. The highest BCUT2D eigenvalue weighted by Crippen LogP contribution is 2.24. The van der Waals surface area contributed by atoms with E-state index < -0.39 is 0 Å². The Balaban J connectivity index is 1.62. The zero-order valence-electron chi connectivity index (χ0n) is 16.3. The highest BCUT2D eigenvalue weighted by molar-refractivity contribution is 9.11. The topological polar surface area (TPSA) is 56.4 Å². The van der Waals surface area contributed by atoms with Gasteiger partial charge in [0, 0.05) is 48.9 Å². The van der Waals surface area contributed by atoms with E-state index in [4.69, 9.17) is 0 Å². The van der Waals surface area contributed by atoms with Crippen molar-refractivity contribution < 1.29 is 9.59 Å². The van der Waals surface area contributed by atoms with Crippen LogP contribution in [0.3, 0.4) is 0 Å². The number of nitrogens with zero attached hydrogens (tertiary/aromatic N) is 2. The Bertz CT molecular complexity index is 850. The molecule has 1 unspecified atom stereocenters. The molecular formula is C20H26BrN3O2S. The predicted molar refractivity (Wildman–Crippen MR) is 113 cm³/mol. The van der Waals surface area contributed by atoms with Gasteiger partial charge in [-0.25, -0.2) is 0 Å². The van der Waals surface area contributed by atoms with Crippen LogP contribution in [0.1, 0.15) is 50.8 Å². The normalized spacial score (nSPS) is 17.2. The standard InChI is InChI=1S/C20H26BrN3O2S/c1-12-18(15(4)25)13(2)22-19(12)20(26)14(3)24-9-7-23(8-10-24)11-16-5-6-17(21)27-16/h5-6,14,22H,7-11H2,1-4H3. The van der Waals surface area contributed by atoms with Crippen LogP contribution >= 0.6 is 27.3 Å². The van der Waals surface area contributed by atoms with Gasteiger partial charge >= 0.3 is 0 Å². The summed E-state index contributed by atoms with van der Waals surface area (Å²) >= 11 is 5.29. The summed E-state index contributed by atoms with van der Waals surface area (Å²) in [6, 6.07) is 4.06. The molecule has 2 aromatic heterocycles. The van der Waals surface area contributed by atoms with Crippen molar-refractivity contribution in [2.75, 3.05) is 26.2 Å². The van der Waals surface area contributed by atoms with Crippen molar-refractivity contribution in [3.63, 3.8) is 0 Å².